The number of halogens is 2. The summed E-state index contributed by atoms with van der Waals surface area (Å²) in [4.78, 5) is 4.17. The molecule has 0 aliphatic carbocycles. The second kappa shape index (κ2) is 14.8. The molecular weight excluding hydrogens is 444 g/mol. The molecule has 1 aliphatic rings. The van der Waals surface area contributed by atoms with Crippen LogP contribution in [0.4, 0.5) is 14.6 Å². The molecule has 1 aromatic rings. The van der Waals surface area contributed by atoms with Gasteiger partial charge >= 0.3 is 0 Å². The van der Waals surface area contributed by atoms with Crippen molar-refractivity contribution in [3.05, 3.63) is 53.6 Å². The SMILES string of the molecule is CC(C)/C=C\C(F)=C/CN(N)/C(=N\N)c1cc(/C(N)=C/N(N)C2CCOCC2)cnc1N.CF. The zero-order valence-electron chi connectivity index (χ0n) is 20.0. The molecule has 190 valence electrons. The van der Waals surface area contributed by atoms with E-state index in [0.717, 1.165) is 12.8 Å². The molecule has 10 N–H and O–H groups in total. The number of nitrogen functional groups attached to an aromatic ring is 1. The third-order valence-corrected chi connectivity index (χ3v) is 4.91. The molecule has 0 radical (unpaired) electrons. The van der Waals surface area contributed by atoms with E-state index in [1.807, 2.05) is 13.8 Å². The van der Waals surface area contributed by atoms with Crippen LogP contribution in [-0.4, -0.2) is 53.8 Å². The number of hydrazone groups is 1. The van der Waals surface area contributed by atoms with Gasteiger partial charge in [-0.2, -0.15) is 5.10 Å². The van der Waals surface area contributed by atoms with E-state index < -0.39 is 5.83 Å². The fraction of sp³-hybridized carbons (Fsp3) is 0.455. The van der Waals surface area contributed by atoms with E-state index >= 15 is 0 Å². The predicted molar refractivity (Wildman–Crippen MR) is 132 cm³/mol. The summed E-state index contributed by atoms with van der Waals surface area (Å²) >= 11 is 0. The van der Waals surface area contributed by atoms with E-state index in [1.165, 1.54) is 23.4 Å². The molecule has 0 atom stereocenters. The van der Waals surface area contributed by atoms with Crippen molar-refractivity contribution in [3.63, 3.8) is 0 Å². The van der Waals surface area contributed by atoms with Gasteiger partial charge in [0.05, 0.1) is 25.0 Å². The van der Waals surface area contributed by atoms with Crippen LogP contribution in [0.3, 0.4) is 0 Å². The Morgan fingerprint density at radius 3 is 2.53 bits per heavy atom. The van der Waals surface area contributed by atoms with E-state index in [0.29, 0.717) is 37.2 Å². The molecule has 0 spiro atoms. The number of ether oxygens (including phenoxy) is 1. The summed E-state index contributed by atoms with van der Waals surface area (Å²) in [5, 5.41) is 6.48. The summed E-state index contributed by atoms with van der Waals surface area (Å²) in [6.07, 6.45) is 9.23. The molecule has 1 aliphatic heterocycles. The minimum atomic E-state index is -0.423. The first-order valence-electron chi connectivity index (χ1n) is 10.8. The van der Waals surface area contributed by atoms with Gasteiger partial charge < -0.3 is 27.1 Å². The Kier molecular flexibility index (Phi) is 12.6. The molecule has 0 bridgehead atoms. The molecule has 0 amide bonds. The molecule has 0 unspecified atom stereocenters. The molecule has 1 aromatic heterocycles. The van der Waals surface area contributed by atoms with E-state index in [-0.39, 0.29) is 30.2 Å². The van der Waals surface area contributed by atoms with Crippen LogP contribution < -0.4 is 29.0 Å². The Morgan fingerprint density at radius 1 is 1.29 bits per heavy atom. The summed E-state index contributed by atoms with van der Waals surface area (Å²) in [6.45, 7) is 5.23. The zero-order chi connectivity index (χ0) is 25.7. The van der Waals surface area contributed by atoms with Crippen LogP contribution in [0.25, 0.3) is 5.70 Å². The molecule has 2 rings (SSSR count). The quantitative estimate of drug-likeness (QED) is 0.122. The normalized spacial score (nSPS) is 15.9. The third kappa shape index (κ3) is 8.96. The summed E-state index contributed by atoms with van der Waals surface area (Å²) in [5.41, 5.74) is 13.6. The van der Waals surface area contributed by atoms with Gasteiger partial charge in [-0.25, -0.2) is 21.1 Å². The summed E-state index contributed by atoms with van der Waals surface area (Å²) in [6, 6.07) is 1.80. The predicted octanol–water partition coefficient (Wildman–Crippen LogP) is 1.72. The number of amidine groups is 1. The highest BCUT2D eigenvalue weighted by atomic mass is 19.1. The monoisotopic (exact) mass is 481 g/mol. The largest absolute Gasteiger partial charge is 0.397 e. The maximum atomic E-state index is 14.0. The van der Waals surface area contributed by atoms with Gasteiger partial charge in [-0.15, -0.1) is 0 Å². The van der Waals surface area contributed by atoms with Gasteiger partial charge in [0.15, 0.2) is 5.84 Å². The maximum absolute atomic E-state index is 14.0. The number of nitrogens with zero attached hydrogens (tertiary/aromatic N) is 4. The lowest BCUT2D eigenvalue weighted by Gasteiger charge is -2.30. The van der Waals surface area contributed by atoms with Crippen LogP contribution in [0.2, 0.25) is 0 Å². The van der Waals surface area contributed by atoms with Gasteiger partial charge in [0.1, 0.15) is 11.6 Å². The fourth-order valence-electron chi connectivity index (χ4n) is 3.06. The van der Waals surface area contributed by atoms with Crippen molar-refractivity contribution in [1.29, 1.82) is 0 Å². The number of hydrogen-bond donors (Lipinski definition) is 5. The first-order valence-corrected chi connectivity index (χ1v) is 10.8. The van der Waals surface area contributed by atoms with Crippen LogP contribution in [0.5, 0.6) is 0 Å². The average Bonchev–Trinajstić information content (AvgIpc) is 2.84. The van der Waals surface area contributed by atoms with Crippen LogP contribution in [-0.2, 0) is 4.74 Å². The van der Waals surface area contributed by atoms with Crippen LogP contribution in [0.1, 0.15) is 37.8 Å². The van der Waals surface area contributed by atoms with Gasteiger partial charge in [0.25, 0.3) is 0 Å². The smallest absolute Gasteiger partial charge is 0.173 e. The van der Waals surface area contributed by atoms with Crippen LogP contribution in [0.15, 0.2) is 47.6 Å². The summed E-state index contributed by atoms with van der Waals surface area (Å²) in [7, 11) is 0.500. The molecule has 34 heavy (non-hydrogen) atoms. The maximum Gasteiger partial charge on any atom is 0.173 e. The lowest BCUT2D eigenvalue weighted by Crippen LogP contribution is -2.41. The standard InChI is InChI=1S/C21H34FN9O.CH3F/c1-14(2)3-4-16(22)5-8-30(26)21(29-25)18-11-15(12-28-20(18)24)19(23)13-31(27)17-6-9-32-10-7-17;1-2/h3-5,11-14,17H,6-10,23,25-27H2,1-2H3,(H2,24,28);1H3/b4-3-,16-5+,19-13-,29-21-;. The molecule has 1 saturated heterocycles. The number of anilines is 1. The van der Waals surface area contributed by atoms with Gasteiger partial charge in [-0.1, -0.05) is 19.9 Å². The molecular formula is C22H37F2N9O. The minimum Gasteiger partial charge on any atom is -0.397 e. The van der Waals surface area contributed by atoms with E-state index in [9.17, 15) is 8.78 Å². The number of hydrogen-bond acceptors (Lipinski definition) is 9. The van der Waals surface area contributed by atoms with Crippen molar-refractivity contribution in [2.45, 2.75) is 32.7 Å². The topological polar surface area (TPSA) is 171 Å². The lowest BCUT2D eigenvalue weighted by atomic mass is 10.1. The van der Waals surface area contributed by atoms with E-state index in [2.05, 4.69) is 10.1 Å². The summed E-state index contributed by atoms with van der Waals surface area (Å²) < 4.78 is 28.8. The van der Waals surface area contributed by atoms with Gasteiger partial charge in [-0.3, -0.25) is 9.40 Å². The first kappa shape index (κ1) is 28.8. The van der Waals surface area contributed by atoms with Crippen molar-refractivity contribution in [2.24, 2.45) is 34.3 Å². The second-order valence-corrected chi connectivity index (χ2v) is 7.83. The van der Waals surface area contributed by atoms with Crippen molar-refractivity contribution < 1.29 is 13.5 Å². The second-order valence-electron chi connectivity index (χ2n) is 7.83. The lowest BCUT2D eigenvalue weighted by molar-refractivity contribution is 0.0495. The number of aromatic nitrogens is 1. The van der Waals surface area contributed by atoms with E-state index in [1.54, 1.807) is 23.4 Å². The highest BCUT2D eigenvalue weighted by molar-refractivity contribution is 6.02. The van der Waals surface area contributed by atoms with Crippen molar-refractivity contribution in [1.82, 2.24) is 15.0 Å². The number of allylic oxidation sites excluding steroid dienone is 3. The highest BCUT2D eigenvalue weighted by Crippen LogP contribution is 2.19. The van der Waals surface area contributed by atoms with Crippen LogP contribution >= 0.6 is 0 Å². The van der Waals surface area contributed by atoms with Gasteiger partial charge in [-0.05, 0) is 37.0 Å². The fourth-order valence-corrected chi connectivity index (χ4v) is 3.06. The van der Waals surface area contributed by atoms with Gasteiger partial charge in [0.2, 0.25) is 0 Å². The van der Waals surface area contributed by atoms with Gasteiger partial charge in [0, 0.05) is 37.2 Å². The Hall–Kier alpha value is -3.22. The molecule has 0 saturated carbocycles. The average molecular weight is 482 g/mol. The zero-order valence-corrected chi connectivity index (χ0v) is 20.0. The van der Waals surface area contributed by atoms with Crippen molar-refractivity contribution in [2.75, 3.05) is 32.7 Å². The minimum absolute atomic E-state index is 0.0135. The third-order valence-electron chi connectivity index (χ3n) is 4.91. The highest BCUT2D eigenvalue weighted by Gasteiger charge is 2.19. The Balaban J connectivity index is 0.00000281. The van der Waals surface area contributed by atoms with Crippen molar-refractivity contribution >= 4 is 17.4 Å². The molecule has 10 nitrogen and oxygen atoms in total. The number of alkyl halides is 1. The number of rotatable bonds is 8. The number of pyridine rings is 1. The molecule has 1 fully saturated rings. The molecule has 2 heterocycles. The Bertz CT molecular complexity index is 881. The first-order chi connectivity index (χ1) is 16.2. The molecule has 12 heteroatoms. The van der Waals surface area contributed by atoms with Crippen LogP contribution in [0, 0.1) is 5.92 Å². The van der Waals surface area contributed by atoms with E-state index in [4.69, 9.17) is 33.7 Å². The Labute approximate surface area is 199 Å². The molecule has 0 aromatic carbocycles. The van der Waals surface area contributed by atoms with Crippen molar-refractivity contribution in [3.8, 4) is 0 Å². The number of nitrogens with two attached hydrogens (primary N) is 5. The Morgan fingerprint density at radius 2 is 1.94 bits per heavy atom. The summed E-state index contributed by atoms with van der Waals surface area (Å²) in [5.74, 6) is 17.9. The number of hydrazine groups is 2.